The number of aromatic nitrogens is 1. The molecule has 0 spiro atoms. The Labute approximate surface area is 186 Å². The average Bonchev–Trinajstić information content (AvgIpc) is 3.67. The van der Waals surface area contributed by atoms with Gasteiger partial charge in [-0.3, -0.25) is 4.79 Å². The van der Waals surface area contributed by atoms with E-state index < -0.39 is 0 Å². The van der Waals surface area contributed by atoms with E-state index in [1.54, 1.807) is 6.20 Å². The molecule has 156 valence electrons. The van der Waals surface area contributed by atoms with E-state index in [1.807, 2.05) is 12.1 Å². The molecule has 5 rings (SSSR count). The number of nitrogens with one attached hydrogen (secondary N) is 1. The highest BCUT2D eigenvalue weighted by atomic mass is 35.5. The molecule has 2 fully saturated rings. The zero-order valence-electron chi connectivity index (χ0n) is 17.6. The largest absolute Gasteiger partial charge is 0.344 e. The van der Waals surface area contributed by atoms with Gasteiger partial charge in [0.15, 0.2) is 0 Å². The molecule has 1 aromatic carbocycles. The first kappa shape index (κ1) is 19.8. The molecule has 31 heavy (non-hydrogen) atoms. The molecule has 1 amide bonds. The van der Waals surface area contributed by atoms with Crippen LogP contribution in [-0.2, 0) is 4.79 Å². The number of amides is 1. The van der Waals surface area contributed by atoms with Gasteiger partial charge in [-0.15, -0.1) is 0 Å². The van der Waals surface area contributed by atoms with Gasteiger partial charge in [-0.1, -0.05) is 24.6 Å². The Morgan fingerprint density at radius 3 is 2.81 bits per heavy atom. The molecule has 2 atom stereocenters. The third kappa shape index (κ3) is 3.62. The number of pyridine rings is 1. The molecule has 2 aliphatic carbocycles. The van der Waals surface area contributed by atoms with Crippen molar-refractivity contribution in [3.05, 3.63) is 64.0 Å². The molecular formula is C25H23ClN4O. The second-order valence-electron chi connectivity index (χ2n) is 8.42. The highest BCUT2D eigenvalue weighted by Crippen LogP contribution is 2.42. The van der Waals surface area contributed by atoms with Crippen LogP contribution >= 0.6 is 11.6 Å². The Bertz CT molecular complexity index is 1240. The van der Waals surface area contributed by atoms with Gasteiger partial charge in [0.2, 0.25) is 5.91 Å². The number of carbonyl (C=O) groups excluding carboxylic acids is 1. The molecule has 0 unspecified atom stereocenters. The highest BCUT2D eigenvalue weighted by Gasteiger charge is 2.43. The molecular weight excluding hydrogens is 408 g/mol. The molecule has 1 aromatic heterocycles. The van der Waals surface area contributed by atoms with E-state index in [0.29, 0.717) is 17.3 Å². The van der Waals surface area contributed by atoms with Crippen LogP contribution in [0, 0.1) is 23.2 Å². The second kappa shape index (κ2) is 7.55. The Kier molecular flexibility index (Phi) is 4.83. The molecule has 1 aliphatic heterocycles. The SMILES string of the molecule is CCC1=C(c2cc(Cl)c3cnc(NC(=O)[C@@H]4C[C@H]4C#N)cc3c2)N(C)C(=C2CC2)C=C1. The van der Waals surface area contributed by atoms with E-state index in [1.165, 1.54) is 35.4 Å². The van der Waals surface area contributed by atoms with Crippen LogP contribution in [0.25, 0.3) is 16.5 Å². The van der Waals surface area contributed by atoms with Crippen molar-refractivity contribution in [2.75, 3.05) is 12.4 Å². The van der Waals surface area contributed by atoms with Crippen molar-refractivity contribution in [2.45, 2.75) is 32.6 Å². The van der Waals surface area contributed by atoms with E-state index in [2.05, 4.69) is 53.5 Å². The summed E-state index contributed by atoms with van der Waals surface area (Å²) in [6.45, 7) is 2.16. The van der Waals surface area contributed by atoms with Crippen molar-refractivity contribution in [3.8, 4) is 6.07 Å². The predicted molar refractivity (Wildman–Crippen MR) is 123 cm³/mol. The molecule has 5 nitrogen and oxygen atoms in total. The third-order valence-corrected chi connectivity index (χ3v) is 6.60. The van der Waals surface area contributed by atoms with Gasteiger partial charge in [0.25, 0.3) is 0 Å². The Hall–Kier alpha value is -3.10. The van der Waals surface area contributed by atoms with E-state index in [9.17, 15) is 4.79 Å². The van der Waals surface area contributed by atoms with Gasteiger partial charge in [-0.2, -0.15) is 5.26 Å². The van der Waals surface area contributed by atoms with Crippen molar-refractivity contribution in [3.63, 3.8) is 0 Å². The summed E-state index contributed by atoms with van der Waals surface area (Å²) in [6.07, 6.45) is 10.0. The summed E-state index contributed by atoms with van der Waals surface area (Å²) in [5, 5.41) is 14.2. The topological polar surface area (TPSA) is 69.0 Å². The molecule has 2 saturated carbocycles. The van der Waals surface area contributed by atoms with Crippen molar-refractivity contribution in [2.24, 2.45) is 11.8 Å². The van der Waals surface area contributed by atoms with Crippen molar-refractivity contribution in [1.82, 2.24) is 9.88 Å². The van der Waals surface area contributed by atoms with Gasteiger partial charge < -0.3 is 10.2 Å². The molecule has 0 saturated heterocycles. The molecule has 2 aromatic rings. The summed E-state index contributed by atoms with van der Waals surface area (Å²) < 4.78 is 0. The van der Waals surface area contributed by atoms with Crippen molar-refractivity contribution < 1.29 is 4.79 Å². The van der Waals surface area contributed by atoms with Gasteiger partial charge >= 0.3 is 0 Å². The fourth-order valence-corrected chi connectivity index (χ4v) is 4.58. The van der Waals surface area contributed by atoms with E-state index in [0.717, 1.165) is 22.8 Å². The number of halogens is 1. The number of likely N-dealkylation sites (N-methyl/N-ethyl adjacent to an activating group) is 1. The van der Waals surface area contributed by atoms with Gasteiger partial charge in [0.1, 0.15) is 5.82 Å². The second-order valence-corrected chi connectivity index (χ2v) is 8.83. The maximum absolute atomic E-state index is 12.3. The lowest BCUT2D eigenvalue weighted by Crippen LogP contribution is -2.19. The number of nitriles is 1. The zero-order chi connectivity index (χ0) is 21.7. The van der Waals surface area contributed by atoms with Crippen LogP contribution in [0.1, 0.15) is 38.2 Å². The zero-order valence-corrected chi connectivity index (χ0v) is 18.3. The lowest BCUT2D eigenvalue weighted by atomic mass is 9.97. The lowest BCUT2D eigenvalue weighted by molar-refractivity contribution is -0.117. The first-order valence-corrected chi connectivity index (χ1v) is 11.0. The minimum Gasteiger partial charge on any atom is -0.344 e. The van der Waals surface area contributed by atoms with Gasteiger partial charge in [0, 0.05) is 29.9 Å². The van der Waals surface area contributed by atoms with Gasteiger partial charge in [-0.05, 0) is 66.5 Å². The summed E-state index contributed by atoms with van der Waals surface area (Å²) >= 11 is 6.65. The monoisotopic (exact) mass is 430 g/mol. The summed E-state index contributed by atoms with van der Waals surface area (Å²) in [5.74, 6) is -0.0667. The first-order valence-electron chi connectivity index (χ1n) is 10.7. The Morgan fingerprint density at radius 1 is 1.32 bits per heavy atom. The number of nitrogens with zero attached hydrogens (tertiary/aromatic N) is 3. The quantitative estimate of drug-likeness (QED) is 0.679. The van der Waals surface area contributed by atoms with E-state index in [-0.39, 0.29) is 17.7 Å². The number of anilines is 1. The van der Waals surface area contributed by atoms with Crippen LogP contribution < -0.4 is 5.32 Å². The van der Waals surface area contributed by atoms with Crippen LogP contribution in [0.3, 0.4) is 0 Å². The number of allylic oxidation sites excluding steroid dienone is 4. The number of carbonyl (C=O) groups is 1. The number of hydrogen-bond donors (Lipinski definition) is 1. The maximum atomic E-state index is 12.3. The minimum absolute atomic E-state index is 0.144. The molecule has 6 heteroatoms. The van der Waals surface area contributed by atoms with E-state index >= 15 is 0 Å². The van der Waals surface area contributed by atoms with Crippen molar-refractivity contribution in [1.29, 1.82) is 5.26 Å². The Morgan fingerprint density at radius 2 is 2.13 bits per heavy atom. The number of fused-ring (bicyclic) bond motifs is 1. The molecule has 3 aliphatic rings. The fraction of sp³-hybridized carbons (Fsp3) is 0.320. The fourth-order valence-electron chi connectivity index (χ4n) is 4.31. The van der Waals surface area contributed by atoms with Crippen LogP contribution in [0.4, 0.5) is 5.82 Å². The predicted octanol–water partition coefficient (Wildman–Crippen LogP) is 5.66. The molecule has 0 bridgehead atoms. The highest BCUT2D eigenvalue weighted by molar-refractivity contribution is 6.35. The van der Waals surface area contributed by atoms with Crippen molar-refractivity contribution >= 4 is 39.8 Å². The average molecular weight is 431 g/mol. The summed E-state index contributed by atoms with van der Waals surface area (Å²) in [4.78, 5) is 19.0. The minimum atomic E-state index is -0.230. The molecule has 0 radical (unpaired) electrons. The smallest absolute Gasteiger partial charge is 0.230 e. The number of hydrogen-bond acceptors (Lipinski definition) is 4. The number of benzene rings is 1. The number of rotatable bonds is 4. The van der Waals surface area contributed by atoms with Crippen LogP contribution in [0.5, 0.6) is 0 Å². The Balaban J connectivity index is 1.53. The van der Waals surface area contributed by atoms with Gasteiger partial charge in [0.05, 0.1) is 28.6 Å². The lowest BCUT2D eigenvalue weighted by Gasteiger charge is -2.30. The normalized spacial score (nSPS) is 22.1. The van der Waals surface area contributed by atoms with Crippen LogP contribution in [0.2, 0.25) is 5.02 Å². The molecule has 1 N–H and O–H groups in total. The van der Waals surface area contributed by atoms with E-state index in [4.69, 9.17) is 16.9 Å². The standard InChI is InChI=1S/C25H23ClN4O/c1-3-14-6-7-22(15-4-5-15)30(2)24(14)17-8-16-11-23(28-13-20(16)21(26)10-17)29-25(31)19-9-18(19)12-27/h6-8,10-11,13,18-19H,3-5,9H2,1-2H3,(H,28,29,31)/t18-,19+/m0/s1. The van der Waals surface area contributed by atoms with Gasteiger partial charge in [-0.25, -0.2) is 4.98 Å². The maximum Gasteiger partial charge on any atom is 0.230 e. The van der Waals surface area contributed by atoms with Crippen LogP contribution in [0.15, 0.2) is 53.4 Å². The first-order chi connectivity index (χ1) is 15.0. The third-order valence-electron chi connectivity index (χ3n) is 6.29. The summed E-state index contributed by atoms with van der Waals surface area (Å²) in [6, 6.07) is 8.12. The summed E-state index contributed by atoms with van der Waals surface area (Å²) in [7, 11) is 2.12. The summed E-state index contributed by atoms with van der Waals surface area (Å²) in [5.41, 5.74) is 6.25. The molecule has 2 heterocycles. The van der Waals surface area contributed by atoms with Crippen LogP contribution in [-0.4, -0.2) is 22.8 Å².